The first-order valence-corrected chi connectivity index (χ1v) is 10.4. The number of carbonyl (C=O) groups excluding carboxylic acids is 1. The molecule has 0 atom stereocenters. The molecule has 0 aliphatic carbocycles. The third kappa shape index (κ3) is 4.17. The molecule has 5 rings (SSSR count). The Hall–Kier alpha value is -5.43. The minimum Gasteiger partial charge on any atom is -0.505 e. The molecule has 2 N–H and O–H groups in total. The molecular weight excluding hydrogens is 444 g/mol. The molecule has 0 fully saturated rings. The van der Waals surface area contributed by atoms with E-state index in [0.29, 0.717) is 16.5 Å². The first-order valence-electron chi connectivity index (χ1n) is 10.4. The van der Waals surface area contributed by atoms with Gasteiger partial charge >= 0.3 is 0 Å². The number of aromatic hydroxyl groups is 1. The Labute approximate surface area is 199 Å². The molecule has 0 saturated heterocycles. The van der Waals surface area contributed by atoms with Gasteiger partial charge in [-0.15, -0.1) is 10.2 Å². The van der Waals surface area contributed by atoms with E-state index in [1.165, 1.54) is 23.3 Å². The van der Waals surface area contributed by atoms with Gasteiger partial charge in [-0.05, 0) is 29.7 Å². The van der Waals surface area contributed by atoms with Gasteiger partial charge < -0.3 is 10.4 Å². The van der Waals surface area contributed by atoms with E-state index in [0.717, 1.165) is 0 Å². The van der Waals surface area contributed by atoms with Gasteiger partial charge in [0, 0.05) is 23.5 Å². The molecule has 0 spiro atoms. The highest BCUT2D eigenvalue weighted by Crippen LogP contribution is 2.40. The molecule has 5 aromatic rings. The van der Waals surface area contributed by atoms with Crippen molar-refractivity contribution in [2.24, 2.45) is 10.2 Å². The second kappa shape index (κ2) is 9.21. The van der Waals surface area contributed by atoms with Crippen molar-refractivity contribution in [2.45, 2.75) is 0 Å². The van der Waals surface area contributed by atoms with Gasteiger partial charge in [0.1, 0.15) is 5.69 Å². The number of phenolic OH excluding ortho intramolecular Hbond substituents is 1. The summed E-state index contributed by atoms with van der Waals surface area (Å²) in [5.41, 5.74) is 0.829. The Kier molecular flexibility index (Phi) is 5.63. The average Bonchev–Trinajstić information content (AvgIpc) is 3.32. The van der Waals surface area contributed by atoms with E-state index in [2.05, 4.69) is 35.5 Å². The quantitative estimate of drug-likeness (QED) is 0.256. The number of nitrogens with one attached hydrogen (secondary N) is 1. The Balaban J connectivity index is 1.61. The average molecular weight is 460 g/mol. The molecule has 35 heavy (non-hydrogen) atoms. The number of hydrogen-bond donors (Lipinski definition) is 2. The van der Waals surface area contributed by atoms with E-state index < -0.39 is 5.91 Å². The first kappa shape index (κ1) is 21.4. The fourth-order valence-corrected chi connectivity index (χ4v) is 3.46. The van der Waals surface area contributed by atoms with Crippen LogP contribution >= 0.6 is 0 Å². The molecule has 168 valence electrons. The van der Waals surface area contributed by atoms with Gasteiger partial charge in [0.2, 0.25) is 0 Å². The highest BCUT2D eigenvalue weighted by molar-refractivity contribution is 6.11. The minimum absolute atomic E-state index is 0.0341. The zero-order valence-electron chi connectivity index (χ0n) is 18.1. The molecule has 2 aromatic heterocycles. The van der Waals surface area contributed by atoms with E-state index in [1.54, 1.807) is 54.6 Å². The summed E-state index contributed by atoms with van der Waals surface area (Å²) < 4.78 is 1.28. The largest absolute Gasteiger partial charge is 0.505 e. The van der Waals surface area contributed by atoms with Crippen LogP contribution in [0.2, 0.25) is 0 Å². The van der Waals surface area contributed by atoms with Gasteiger partial charge in [-0.25, -0.2) is 14.8 Å². The molecular formula is C25H16N8O2. The normalized spacial score (nSPS) is 10.9. The van der Waals surface area contributed by atoms with Crippen LogP contribution in [0.15, 0.2) is 95.5 Å². The van der Waals surface area contributed by atoms with Gasteiger partial charge in [-0.2, -0.15) is 9.78 Å². The molecule has 0 saturated carbocycles. The van der Waals surface area contributed by atoms with Crippen molar-refractivity contribution in [3.05, 3.63) is 102 Å². The summed E-state index contributed by atoms with van der Waals surface area (Å²) in [5.74, 6) is -0.539. The van der Waals surface area contributed by atoms with Crippen LogP contribution in [0.4, 0.5) is 22.9 Å². The molecule has 10 nitrogen and oxygen atoms in total. The SMILES string of the molecule is [C-]#[N+]c1cnn(-c2ncccn2)c1N=Nc1c(O)c(C(=O)Nc2ccccc2)cc2ccccc12. The second-order valence-electron chi connectivity index (χ2n) is 7.29. The fourth-order valence-electron chi connectivity index (χ4n) is 3.46. The molecule has 1 amide bonds. The van der Waals surface area contributed by atoms with Crippen LogP contribution in [-0.2, 0) is 0 Å². The van der Waals surface area contributed by atoms with Gasteiger partial charge in [0.25, 0.3) is 17.5 Å². The van der Waals surface area contributed by atoms with Crippen LogP contribution in [0.25, 0.3) is 21.6 Å². The number of anilines is 1. The van der Waals surface area contributed by atoms with Crippen molar-refractivity contribution in [3.63, 3.8) is 0 Å². The molecule has 3 aromatic carbocycles. The number of aromatic nitrogens is 4. The number of fused-ring (bicyclic) bond motifs is 1. The van der Waals surface area contributed by atoms with Crippen LogP contribution in [-0.4, -0.2) is 30.8 Å². The standard InChI is InChI=1S/C25H16N8O2/c1-26-20-15-29-33(25-27-12-7-13-28-25)23(20)32-31-21-18-11-6-5-8-16(18)14-19(22(21)34)24(35)30-17-9-3-2-4-10-17/h2-15,34H,(H,30,35). The Morgan fingerprint density at radius 1 is 1.00 bits per heavy atom. The van der Waals surface area contributed by atoms with Crippen molar-refractivity contribution in [3.8, 4) is 11.7 Å². The number of carbonyl (C=O) groups is 1. The molecule has 10 heteroatoms. The molecule has 0 aliphatic rings. The highest BCUT2D eigenvalue weighted by atomic mass is 16.3. The number of azo groups is 1. The number of nitrogens with zero attached hydrogens (tertiary/aromatic N) is 7. The summed E-state index contributed by atoms with van der Waals surface area (Å²) >= 11 is 0. The maximum Gasteiger partial charge on any atom is 0.259 e. The predicted octanol–water partition coefficient (Wildman–Crippen LogP) is 5.74. The zero-order valence-corrected chi connectivity index (χ0v) is 18.1. The van der Waals surface area contributed by atoms with Gasteiger partial charge in [0.15, 0.2) is 11.6 Å². The Morgan fingerprint density at radius 2 is 1.74 bits per heavy atom. The number of benzene rings is 3. The van der Waals surface area contributed by atoms with Crippen LogP contribution in [0.5, 0.6) is 5.75 Å². The topological polar surface area (TPSA) is 122 Å². The summed E-state index contributed by atoms with van der Waals surface area (Å²) in [6.07, 6.45) is 4.41. The summed E-state index contributed by atoms with van der Waals surface area (Å²) in [4.78, 5) is 24.7. The molecule has 0 radical (unpaired) electrons. The Bertz CT molecular complexity index is 1610. The summed E-state index contributed by atoms with van der Waals surface area (Å²) in [6.45, 7) is 7.44. The monoisotopic (exact) mass is 460 g/mol. The van der Waals surface area contributed by atoms with E-state index >= 15 is 0 Å². The van der Waals surface area contributed by atoms with Gasteiger partial charge in [0.05, 0.1) is 18.3 Å². The third-order valence-corrected chi connectivity index (χ3v) is 5.10. The Morgan fingerprint density at radius 3 is 2.51 bits per heavy atom. The maximum absolute atomic E-state index is 13.0. The maximum atomic E-state index is 13.0. The lowest BCUT2D eigenvalue weighted by Crippen LogP contribution is -2.12. The molecule has 2 heterocycles. The number of amides is 1. The van der Waals surface area contributed by atoms with Crippen molar-refractivity contribution in [1.82, 2.24) is 19.7 Å². The number of rotatable bonds is 5. The zero-order chi connectivity index (χ0) is 24.2. The van der Waals surface area contributed by atoms with Crippen LogP contribution < -0.4 is 5.32 Å². The van der Waals surface area contributed by atoms with E-state index in [1.807, 2.05) is 12.1 Å². The van der Waals surface area contributed by atoms with Crippen molar-refractivity contribution < 1.29 is 9.90 Å². The van der Waals surface area contributed by atoms with Gasteiger partial charge in [-0.3, -0.25) is 4.79 Å². The lowest BCUT2D eigenvalue weighted by atomic mass is 10.0. The molecule has 0 aliphatic heterocycles. The predicted molar refractivity (Wildman–Crippen MR) is 130 cm³/mol. The van der Waals surface area contributed by atoms with Crippen LogP contribution in [0.1, 0.15) is 10.4 Å². The summed E-state index contributed by atoms with van der Waals surface area (Å²) in [7, 11) is 0. The fraction of sp³-hybridized carbons (Fsp3) is 0. The van der Waals surface area contributed by atoms with E-state index in [4.69, 9.17) is 6.57 Å². The smallest absolute Gasteiger partial charge is 0.259 e. The number of hydrogen-bond acceptors (Lipinski definition) is 7. The lowest BCUT2D eigenvalue weighted by molar-refractivity contribution is 0.102. The summed E-state index contributed by atoms with van der Waals surface area (Å²) in [5, 5.41) is 27.7. The lowest BCUT2D eigenvalue weighted by Gasteiger charge is -2.11. The highest BCUT2D eigenvalue weighted by Gasteiger charge is 2.20. The number of phenols is 1. The van der Waals surface area contributed by atoms with Gasteiger partial charge in [-0.1, -0.05) is 42.5 Å². The minimum atomic E-state index is -0.500. The third-order valence-electron chi connectivity index (χ3n) is 5.10. The molecule has 0 bridgehead atoms. The van der Waals surface area contributed by atoms with Crippen molar-refractivity contribution in [1.29, 1.82) is 0 Å². The first-order chi connectivity index (χ1) is 17.2. The van der Waals surface area contributed by atoms with E-state index in [-0.39, 0.29) is 34.5 Å². The summed E-state index contributed by atoms with van der Waals surface area (Å²) in [6, 6.07) is 19.3. The van der Waals surface area contributed by atoms with Crippen LogP contribution in [0, 0.1) is 6.57 Å². The van der Waals surface area contributed by atoms with Crippen LogP contribution in [0.3, 0.4) is 0 Å². The second-order valence-corrected chi connectivity index (χ2v) is 7.29. The molecule has 0 unspecified atom stereocenters. The van der Waals surface area contributed by atoms with Crippen molar-refractivity contribution >= 4 is 39.6 Å². The van der Waals surface area contributed by atoms with E-state index in [9.17, 15) is 9.90 Å². The van der Waals surface area contributed by atoms with Crippen molar-refractivity contribution in [2.75, 3.05) is 5.32 Å². The number of para-hydroxylation sites is 1.